The van der Waals surface area contributed by atoms with Gasteiger partial charge in [-0.1, -0.05) is 6.92 Å². The zero-order chi connectivity index (χ0) is 13.7. The second-order valence-electron chi connectivity index (χ2n) is 5.57. The van der Waals surface area contributed by atoms with Crippen molar-refractivity contribution in [2.24, 2.45) is 7.05 Å². The lowest BCUT2D eigenvalue weighted by molar-refractivity contribution is 0.0995. The highest BCUT2D eigenvalue weighted by Crippen LogP contribution is 2.19. The summed E-state index contributed by atoms with van der Waals surface area (Å²) in [4.78, 5) is 0. The Kier molecular flexibility index (Phi) is 5.40. The molecule has 19 heavy (non-hydrogen) atoms. The minimum Gasteiger partial charge on any atom is -0.378 e. The molecule has 1 N–H and O–H groups in total. The van der Waals surface area contributed by atoms with Gasteiger partial charge >= 0.3 is 0 Å². The molecule has 1 aromatic rings. The quantitative estimate of drug-likeness (QED) is 0.821. The van der Waals surface area contributed by atoms with Crippen LogP contribution in [0.5, 0.6) is 0 Å². The predicted molar refractivity (Wildman–Crippen MR) is 77.3 cm³/mol. The molecule has 2 rings (SSSR count). The highest BCUT2D eigenvalue weighted by Gasteiger charge is 2.18. The number of aryl methyl sites for hydroxylation is 2. The lowest BCUT2D eigenvalue weighted by Gasteiger charge is -2.19. The Labute approximate surface area is 116 Å². The van der Waals surface area contributed by atoms with E-state index < -0.39 is 0 Å². The van der Waals surface area contributed by atoms with E-state index in [2.05, 4.69) is 30.3 Å². The molecular formula is C15H27N3O. The fraction of sp³-hybridized carbons (Fsp3) is 0.800. The molecule has 2 unspecified atom stereocenters. The number of hydrogen-bond acceptors (Lipinski definition) is 3. The van der Waals surface area contributed by atoms with Crippen LogP contribution < -0.4 is 5.32 Å². The van der Waals surface area contributed by atoms with Crippen molar-refractivity contribution in [2.75, 3.05) is 13.2 Å². The highest BCUT2D eigenvalue weighted by atomic mass is 16.5. The Bertz CT molecular complexity index is 383. The Hall–Kier alpha value is -0.870. The van der Waals surface area contributed by atoms with E-state index in [9.17, 15) is 0 Å². The third-order valence-corrected chi connectivity index (χ3v) is 3.91. The minimum absolute atomic E-state index is 0.495. The number of aromatic nitrogens is 2. The molecule has 0 aromatic carbocycles. The molecule has 1 aliphatic heterocycles. The molecular weight excluding hydrogens is 238 g/mol. The van der Waals surface area contributed by atoms with Crippen LogP contribution in [0.1, 0.15) is 44.0 Å². The van der Waals surface area contributed by atoms with E-state index in [4.69, 9.17) is 4.74 Å². The third kappa shape index (κ3) is 4.32. The topological polar surface area (TPSA) is 39.1 Å². The van der Waals surface area contributed by atoms with Crippen molar-refractivity contribution >= 4 is 0 Å². The fourth-order valence-corrected chi connectivity index (χ4v) is 2.93. The number of rotatable bonds is 7. The summed E-state index contributed by atoms with van der Waals surface area (Å²) in [5.41, 5.74) is 2.42. The van der Waals surface area contributed by atoms with Crippen LogP contribution in [0.15, 0.2) is 6.07 Å². The van der Waals surface area contributed by atoms with Crippen LogP contribution in [-0.2, 0) is 18.2 Å². The van der Waals surface area contributed by atoms with Crippen LogP contribution in [0.4, 0.5) is 0 Å². The molecule has 0 bridgehead atoms. The van der Waals surface area contributed by atoms with Crippen molar-refractivity contribution in [3.05, 3.63) is 17.5 Å². The first-order valence-corrected chi connectivity index (χ1v) is 7.53. The van der Waals surface area contributed by atoms with Gasteiger partial charge < -0.3 is 10.1 Å². The maximum absolute atomic E-state index is 5.71. The normalized spacial score (nSPS) is 20.9. The number of hydrogen-bond donors (Lipinski definition) is 1. The largest absolute Gasteiger partial charge is 0.378 e. The molecule has 4 heteroatoms. The number of ether oxygens (including phenoxy) is 1. The molecule has 108 valence electrons. The molecule has 2 heterocycles. The van der Waals surface area contributed by atoms with Gasteiger partial charge in [-0.25, -0.2) is 0 Å². The van der Waals surface area contributed by atoms with E-state index in [0.717, 1.165) is 25.3 Å². The molecule has 1 aliphatic rings. The van der Waals surface area contributed by atoms with E-state index in [-0.39, 0.29) is 0 Å². The lowest BCUT2D eigenvalue weighted by atomic mass is 10.0. The Morgan fingerprint density at radius 3 is 3.00 bits per heavy atom. The van der Waals surface area contributed by atoms with Crippen LogP contribution in [0.3, 0.4) is 0 Å². The van der Waals surface area contributed by atoms with Gasteiger partial charge in [-0.05, 0) is 45.2 Å². The average molecular weight is 265 g/mol. The van der Waals surface area contributed by atoms with Gasteiger partial charge in [0.25, 0.3) is 0 Å². The van der Waals surface area contributed by atoms with E-state index >= 15 is 0 Å². The molecule has 4 nitrogen and oxygen atoms in total. The van der Waals surface area contributed by atoms with Crippen molar-refractivity contribution in [1.82, 2.24) is 15.1 Å². The predicted octanol–water partition coefficient (Wildman–Crippen LogP) is 2.21. The molecule has 0 aliphatic carbocycles. The van der Waals surface area contributed by atoms with Gasteiger partial charge in [0.1, 0.15) is 0 Å². The standard InChI is InChI=1S/C15H27N3O/c1-4-16-13(7-8-15-6-5-9-19-15)11-14-10-12(2)17-18(14)3/h10,13,15-16H,4-9,11H2,1-3H3. The summed E-state index contributed by atoms with van der Waals surface area (Å²) in [5.74, 6) is 0. The van der Waals surface area contributed by atoms with Gasteiger partial charge in [0.15, 0.2) is 0 Å². The third-order valence-electron chi connectivity index (χ3n) is 3.91. The monoisotopic (exact) mass is 265 g/mol. The van der Waals surface area contributed by atoms with Crippen LogP contribution in [0, 0.1) is 6.92 Å². The van der Waals surface area contributed by atoms with Gasteiger partial charge in [-0.3, -0.25) is 4.68 Å². The molecule has 1 aromatic heterocycles. The number of likely N-dealkylation sites (N-methyl/N-ethyl adjacent to an activating group) is 1. The van der Waals surface area contributed by atoms with E-state index in [1.165, 1.54) is 31.4 Å². The van der Waals surface area contributed by atoms with Gasteiger partial charge in [0.05, 0.1) is 11.8 Å². The highest BCUT2D eigenvalue weighted by molar-refractivity contribution is 5.10. The van der Waals surface area contributed by atoms with Crippen LogP contribution in [0.2, 0.25) is 0 Å². The van der Waals surface area contributed by atoms with Crippen molar-refractivity contribution < 1.29 is 4.74 Å². The van der Waals surface area contributed by atoms with E-state index in [1.807, 2.05) is 11.7 Å². The second kappa shape index (κ2) is 7.06. The molecule has 2 atom stereocenters. The summed E-state index contributed by atoms with van der Waals surface area (Å²) >= 11 is 0. The van der Waals surface area contributed by atoms with Gasteiger partial charge in [0, 0.05) is 31.8 Å². The lowest BCUT2D eigenvalue weighted by Crippen LogP contribution is -2.32. The smallest absolute Gasteiger partial charge is 0.0596 e. The summed E-state index contributed by atoms with van der Waals surface area (Å²) in [6.45, 7) is 6.20. The molecule has 0 amide bonds. The zero-order valence-corrected chi connectivity index (χ0v) is 12.5. The summed E-state index contributed by atoms with van der Waals surface area (Å²) < 4.78 is 7.72. The van der Waals surface area contributed by atoms with Crippen molar-refractivity contribution in [3.63, 3.8) is 0 Å². The fourth-order valence-electron chi connectivity index (χ4n) is 2.93. The van der Waals surface area contributed by atoms with Crippen LogP contribution in [-0.4, -0.2) is 35.1 Å². The molecule has 0 radical (unpaired) electrons. The molecule has 0 spiro atoms. The first kappa shape index (κ1) is 14.5. The summed E-state index contributed by atoms with van der Waals surface area (Å²) in [6.07, 6.45) is 6.38. The Morgan fingerprint density at radius 2 is 2.42 bits per heavy atom. The Morgan fingerprint density at radius 1 is 1.58 bits per heavy atom. The van der Waals surface area contributed by atoms with Gasteiger partial charge in [-0.15, -0.1) is 0 Å². The first-order chi connectivity index (χ1) is 9.19. The molecule has 0 saturated carbocycles. The summed E-state index contributed by atoms with van der Waals surface area (Å²) in [6, 6.07) is 2.72. The van der Waals surface area contributed by atoms with Crippen LogP contribution in [0.25, 0.3) is 0 Å². The molecule has 1 saturated heterocycles. The Balaban J connectivity index is 1.86. The van der Waals surface area contributed by atoms with E-state index in [1.54, 1.807) is 0 Å². The van der Waals surface area contributed by atoms with Gasteiger partial charge in [0.2, 0.25) is 0 Å². The van der Waals surface area contributed by atoms with Crippen molar-refractivity contribution in [1.29, 1.82) is 0 Å². The van der Waals surface area contributed by atoms with E-state index in [0.29, 0.717) is 12.1 Å². The minimum atomic E-state index is 0.495. The van der Waals surface area contributed by atoms with Crippen LogP contribution >= 0.6 is 0 Å². The van der Waals surface area contributed by atoms with Gasteiger partial charge in [-0.2, -0.15) is 5.10 Å². The number of nitrogens with one attached hydrogen (secondary N) is 1. The maximum Gasteiger partial charge on any atom is 0.0596 e. The molecule has 1 fully saturated rings. The summed E-state index contributed by atoms with van der Waals surface area (Å²) in [7, 11) is 2.03. The van der Waals surface area contributed by atoms with Crippen molar-refractivity contribution in [2.45, 2.75) is 58.1 Å². The number of nitrogens with zero attached hydrogens (tertiary/aromatic N) is 2. The maximum atomic E-state index is 5.71. The zero-order valence-electron chi connectivity index (χ0n) is 12.5. The summed E-state index contributed by atoms with van der Waals surface area (Å²) in [5, 5.41) is 8.02. The van der Waals surface area contributed by atoms with Crippen molar-refractivity contribution in [3.8, 4) is 0 Å². The first-order valence-electron chi connectivity index (χ1n) is 7.53. The SMILES string of the molecule is CCNC(CCC1CCCO1)Cc1cc(C)nn1C. The second-order valence-corrected chi connectivity index (χ2v) is 5.57. The average Bonchev–Trinajstić information content (AvgIpc) is 2.97.